The number of aryl methyl sites for hydroxylation is 1. The van der Waals surface area contributed by atoms with Gasteiger partial charge in [0.15, 0.2) is 0 Å². The SMILES string of the molecule is Cn1nc2ccccc2c1C(=O)N[C@H]1CC[C@H](C(=O)Nc2ccc(F)cc2Cl)CC1. The molecule has 0 unspecified atom stereocenters. The zero-order chi connectivity index (χ0) is 21.3. The van der Waals surface area contributed by atoms with E-state index in [4.69, 9.17) is 11.6 Å². The van der Waals surface area contributed by atoms with Gasteiger partial charge in [-0.25, -0.2) is 4.39 Å². The van der Waals surface area contributed by atoms with Gasteiger partial charge >= 0.3 is 0 Å². The number of halogens is 2. The highest BCUT2D eigenvalue weighted by molar-refractivity contribution is 6.33. The molecule has 2 N–H and O–H groups in total. The summed E-state index contributed by atoms with van der Waals surface area (Å²) in [5, 5.41) is 11.2. The second-order valence-electron chi connectivity index (χ2n) is 7.62. The number of benzene rings is 2. The standard InChI is InChI=1S/C22H22ClFN4O2/c1-28-20(16-4-2-3-5-18(16)27-28)22(30)25-15-9-6-13(7-10-15)21(29)26-19-11-8-14(24)12-17(19)23/h2-5,8,11-13,15H,6-7,9-10H2,1H3,(H,25,30)(H,26,29)/t13-,15-. The summed E-state index contributed by atoms with van der Waals surface area (Å²) in [6, 6.07) is 11.4. The third kappa shape index (κ3) is 4.16. The molecule has 0 bridgehead atoms. The van der Waals surface area contributed by atoms with Crippen molar-refractivity contribution in [2.24, 2.45) is 13.0 Å². The van der Waals surface area contributed by atoms with Gasteiger partial charge in [0.1, 0.15) is 11.5 Å². The summed E-state index contributed by atoms with van der Waals surface area (Å²) in [6.45, 7) is 0. The summed E-state index contributed by atoms with van der Waals surface area (Å²) in [6.07, 6.45) is 2.72. The summed E-state index contributed by atoms with van der Waals surface area (Å²) in [5.41, 5.74) is 1.72. The van der Waals surface area contributed by atoms with Crippen LogP contribution >= 0.6 is 11.6 Å². The van der Waals surface area contributed by atoms with Gasteiger partial charge in [-0.1, -0.05) is 29.8 Å². The Morgan fingerprint density at radius 1 is 1.13 bits per heavy atom. The Hall–Kier alpha value is -2.93. The smallest absolute Gasteiger partial charge is 0.270 e. The minimum atomic E-state index is -0.449. The highest BCUT2D eigenvalue weighted by Crippen LogP contribution is 2.28. The molecule has 2 aromatic carbocycles. The Kier molecular flexibility index (Phi) is 5.72. The van der Waals surface area contributed by atoms with E-state index in [2.05, 4.69) is 15.7 Å². The Morgan fingerprint density at radius 2 is 1.87 bits per heavy atom. The van der Waals surface area contributed by atoms with Crippen LogP contribution in [0.15, 0.2) is 42.5 Å². The number of aromatic nitrogens is 2. The van der Waals surface area contributed by atoms with Gasteiger partial charge in [-0.3, -0.25) is 14.3 Å². The number of carbonyl (C=O) groups excluding carboxylic acids is 2. The lowest BCUT2D eigenvalue weighted by molar-refractivity contribution is -0.120. The molecule has 6 nitrogen and oxygen atoms in total. The molecule has 4 rings (SSSR count). The fourth-order valence-corrected chi connectivity index (χ4v) is 4.21. The summed E-state index contributed by atoms with van der Waals surface area (Å²) >= 11 is 5.99. The van der Waals surface area contributed by atoms with Crippen LogP contribution in [0, 0.1) is 11.7 Å². The number of hydrogen-bond donors (Lipinski definition) is 2. The van der Waals surface area contributed by atoms with Crippen LogP contribution in [0.4, 0.5) is 10.1 Å². The molecule has 2 amide bonds. The summed E-state index contributed by atoms with van der Waals surface area (Å²) in [7, 11) is 1.76. The monoisotopic (exact) mass is 428 g/mol. The first-order valence-corrected chi connectivity index (χ1v) is 10.3. The van der Waals surface area contributed by atoms with Gasteiger partial charge in [0.05, 0.1) is 16.2 Å². The zero-order valence-corrected chi connectivity index (χ0v) is 17.2. The number of nitrogens with zero attached hydrogens (tertiary/aromatic N) is 2. The molecule has 0 aliphatic heterocycles. The quantitative estimate of drug-likeness (QED) is 0.650. The lowest BCUT2D eigenvalue weighted by Crippen LogP contribution is -2.40. The number of amides is 2. The van der Waals surface area contributed by atoms with E-state index < -0.39 is 5.82 Å². The Morgan fingerprint density at radius 3 is 2.60 bits per heavy atom. The van der Waals surface area contributed by atoms with Crippen molar-refractivity contribution in [3.63, 3.8) is 0 Å². The second-order valence-corrected chi connectivity index (χ2v) is 8.03. The van der Waals surface area contributed by atoms with Gasteiger partial charge < -0.3 is 10.6 Å². The molecule has 0 spiro atoms. The number of carbonyl (C=O) groups is 2. The third-order valence-electron chi connectivity index (χ3n) is 5.58. The van der Waals surface area contributed by atoms with Crippen molar-refractivity contribution in [1.82, 2.24) is 15.1 Å². The van der Waals surface area contributed by atoms with Gasteiger partial charge in [0, 0.05) is 24.4 Å². The predicted molar refractivity (Wildman–Crippen MR) is 114 cm³/mol. The van der Waals surface area contributed by atoms with E-state index in [1.807, 2.05) is 24.3 Å². The van der Waals surface area contributed by atoms with Gasteiger partial charge in [0.2, 0.25) is 5.91 Å². The molecule has 30 heavy (non-hydrogen) atoms. The number of fused-ring (bicyclic) bond motifs is 1. The Labute approximate surface area is 178 Å². The summed E-state index contributed by atoms with van der Waals surface area (Å²) < 4.78 is 14.8. The largest absolute Gasteiger partial charge is 0.348 e. The maximum atomic E-state index is 13.2. The van der Waals surface area contributed by atoms with Crippen molar-refractivity contribution in [2.75, 3.05) is 5.32 Å². The third-order valence-corrected chi connectivity index (χ3v) is 5.89. The van der Waals surface area contributed by atoms with Crippen molar-refractivity contribution >= 4 is 40.0 Å². The van der Waals surface area contributed by atoms with E-state index in [0.717, 1.165) is 10.9 Å². The molecule has 0 atom stereocenters. The van der Waals surface area contributed by atoms with Crippen molar-refractivity contribution in [2.45, 2.75) is 31.7 Å². The minimum absolute atomic E-state index is 0.00428. The molecule has 1 aliphatic carbocycles. The molecular formula is C22H22ClFN4O2. The maximum Gasteiger partial charge on any atom is 0.270 e. The maximum absolute atomic E-state index is 13.2. The number of nitrogens with one attached hydrogen (secondary N) is 2. The number of hydrogen-bond acceptors (Lipinski definition) is 3. The molecule has 1 heterocycles. The Balaban J connectivity index is 1.34. The lowest BCUT2D eigenvalue weighted by atomic mass is 9.85. The van der Waals surface area contributed by atoms with Crippen molar-refractivity contribution < 1.29 is 14.0 Å². The van der Waals surface area contributed by atoms with Gasteiger partial charge in [0.25, 0.3) is 5.91 Å². The van der Waals surface area contributed by atoms with E-state index in [0.29, 0.717) is 37.1 Å². The van der Waals surface area contributed by atoms with Crippen LogP contribution < -0.4 is 10.6 Å². The van der Waals surface area contributed by atoms with E-state index in [1.54, 1.807) is 11.7 Å². The topological polar surface area (TPSA) is 76.0 Å². The van der Waals surface area contributed by atoms with Crippen LogP contribution in [0.1, 0.15) is 36.2 Å². The van der Waals surface area contributed by atoms with Gasteiger partial charge in [-0.15, -0.1) is 0 Å². The lowest BCUT2D eigenvalue weighted by Gasteiger charge is -2.28. The first-order valence-electron chi connectivity index (χ1n) is 9.91. The van der Waals surface area contributed by atoms with Crippen molar-refractivity contribution in [3.8, 4) is 0 Å². The Bertz CT molecular complexity index is 1110. The van der Waals surface area contributed by atoms with E-state index in [1.165, 1.54) is 18.2 Å². The van der Waals surface area contributed by atoms with E-state index in [-0.39, 0.29) is 28.8 Å². The molecule has 1 aromatic heterocycles. The molecule has 1 fully saturated rings. The normalized spacial score (nSPS) is 18.9. The van der Waals surface area contributed by atoms with Crippen LogP contribution in [0.3, 0.4) is 0 Å². The molecule has 0 radical (unpaired) electrons. The van der Waals surface area contributed by atoms with Crippen LogP contribution in [0.2, 0.25) is 5.02 Å². The fourth-order valence-electron chi connectivity index (χ4n) is 4.00. The molecule has 0 saturated heterocycles. The molecular weight excluding hydrogens is 407 g/mol. The average Bonchev–Trinajstić information content (AvgIpc) is 3.06. The molecule has 1 saturated carbocycles. The second kappa shape index (κ2) is 8.44. The molecule has 1 aliphatic rings. The number of anilines is 1. The van der Waals surface area contributed by atoms with Gasteiger partial charge in [-0.05, 0) is 49.9 Å². The first kappa shape index (κ1) is 20.3. The summed E-state index contributed by atoms with van der Waals surface area (Å²) in [5.74, 6) is -0.907. The minimum Gasteiger partial charge on any atom is -0.348 e. The van der Waals surface area contributed by atoms with Gasteiger partial charge in [-0.2, -0.15) is 5.10 Å². The fraction of sp³-hybridized carbons (Fsp3) is 0.318. The van der Waals surface area contributed by atoms with Crippen LogP contribution in [0.5, 0.6) is 0 Å². The average molecular weight is 429 g/mol. The predicted octanol–water partition coefficient (Wildman–Crippen LogP) is 4.29. The highest BCUT2D eigenvalue weighted by Gasteiger charge is 2.28. The van der Waals surface area contributed by atoms with Crippen molar-refractivity contribution in [3.05, 3.63) is 59.0 Å². The van der Waals surface area contributed by atoms with Crippen molar-refractivity contribution in [1.29, 1.82) is 0 Å². The first-order chi connectivity index (χ1) is 14.4. The van der Waals surface area contributed by atoms with Crippen LogP contribution in [0.25, 0.3) is 10.9 Å². The molecule has 156 valence electrons. The summed E-state index contributed by atoms with van der Waals surface area (Å²) in [4.78, 5) is 25.4. The molecule has 8 heteroatoms. The molecule has 3 aromatic rings. The van der Waals surface area contributed by atoms with E-state index >= 15 is 0 Å². The zero-order valence-electron chi connectivity index (χ0n) is 16.5. The van der Waals surface area contributed by atoms with Crippen LogP contribution in [-0.2, 0) is 11.8 Å². The number of rotatable bonds is 4. The van der Waals surface area contributed by atoms with E-state index in [9.17, 15) is 14.0 Å². The van der Waals surface area contributed by atoms with Crippen LogP contribution in [-0.4, -0.2) is 27.6 Å². The highest BCUT2D eigenvalue weighted by atomic mass is 35.5.